The number of aromatic nitrogens is 1. The number of benzene rings is 2. The van der Waals surface area contributed by atoms with Crippen molar-refractivity contribution in [2.24, 2.45) is 4.99 Å². The number of fused-ring (bicyclic) bond motifs is 1. The molecule has 0 saturated heterocycles. The summed E-state index contributed by atoms with van der Waals surface area (Å²) < 4.78 is 26.1. The maximum atomic E-state index is 13.6. The zero-order valence-electron chi connectivity index (χ0n) is 15.5. The van der Waals surface area contributed by atoms with Gasteiger partial charge in [0.2, 0.25) is 0 Å². The molecule has 0 bridgehead atoms. The first-order valence-electron chi connectivity index (χ1n) is 8.69. The number of aryl methyl sites for hydroxylation is 1. The average molecular weight is 402 g/mol. The first-order valence-corrected chi connectivity index (χ1v) is 9.51. The molecular formula is C20H19FN2O4S. The Morgan fingerprint density at radius 3 is 2.79 bits per heavy atom. The Kier molecular flexibility index (Phi) is 6.20. The second-order valence-corrected chi connectivity index (χ2v) is 6.86. The number of carbonyl (C=O) groups excluding carboxylic acids is 2. The van der Waals surface area contributed by atoms with Crippen molar-refractivity contribution in [3.05, 3.63) is 58.6 Å². The van der Waals surface area contributed by atoms with Crippen molar-refractivity contribution in [3.8, 4) is 5.75 Å². The molecule has 0 N–H and O–H groups in total. The van der Waals surface area contributed by atoms with Crippen LogP contribution in [0.15, 0.2) is 47.5 Å². The van der Waals surface area contributed by atoms with E-state index in [9.17, 15) is 14.0 Å². The van der Waals surface area contributed by atoms with Gasteiger partial charge < -0.3 is 14.0 Å². The van der Waals surface area contributed by atoms with Gasteiger partial charge in [0.05, 0.1) is 30.4 Å². The van der Waals surface area contributed by atoms with Gasteiger partial charge in [0, 0.05) is 12.1 Å². The van der Waals surface area contributed by atoms with Crippen LogP contribution in [0.3, 0.4) is 0 Å². The molecule has 0 saturated carbocycles. The lowest BCUT2D eigenvalue weighted by Gasteiger charge is -2.05. The van der Waals surface area contributed by atoms with Crippen molar-refractivity contribution >= 4 is 33.4 Å². The number of esters is 1. The summed E-state index contributed by atoms with van der Waals surface area (Å²) in [5, 5.41) is 0. The van der Waals surface area contributed by atoms with Gasteiger partial charge in [-0.15, -0.1) is 0 Å². The number of nitrogens with zero attached hydrogens (tertiary/aromatic N) is 2. The Morgan fingerprint density at radius 1 is 1.21 bits per heavy atom. The maximum Gasteiger partial charge on any atom is 0.307 e. The van der Waals surface area contributed by atoms with Crippen LogP contribution in [-0.4, -0.2) is 30.2 Å². The minimum absolute atomic E-state index is 0.123. The van der Waals surface area contributed by atoms with E-state index in [2.05, 4.69) is 4.99 Å². The molecule has 0 unspecified atom stereocenters. The van der Waals surface area contributed by atoms with Gasteiger partial charge in [-0.3, -0.25) is 9.59 Å². The normalized spacial score (nSPS) is 11.6. The number of ether oxygens (including phenoxy) is 2. The topological polar surface area (TPSA) is 69.9 Å². The van der Waals surface area contributed by atoms with E-state index in [0.29, 0.717) is 32.9 Å². The second-order valence-electron chi connectivity index (χ2n) is 5.85. The van der Waals surface area contributed by atoms with Gasteiger partial charge in [-0.25, -0.2) is 4.39 Å². The van der Waals surface area contributed by atoms with Gasteiger partial charge in [0.25, 0.3) is 5.91 Å². The number of halogens is 1. The van der Waals surface area contributed by atoms with E-state index >= 15 is 0 Å². The molecule has 0 atom stereocenters. The molecule has 0 aliphatic heterocycles. The smallest absolute Gasteiger partial charge is 0.307 e. The summed E-state index contributed by atoms with van der Waals surface area (Å²) in [4.78, 5) is 29.0. The van der Waals surface area contributed by atoms with Crippen LogP contribution in [0.1, 0.15) is 23.7 Å². The van der Waals surface area contributed by atoms with Gasteiger partial charge in [0.15, 0.2) is 4.80 Å². The van der Waals surface area contributed by atoms with Crippen LogP contribution in [0.2, 0.25) is 0 Å². The largest absolute Gasteiger partial charge is 0.497 e. The van der Waals surface area contributed by atoms with E-state index in [0.717, 1.165) is 0 Å². The van der Waals surface area contributed by atoms with E-state index < -0.39 is 5.91 Å². The molecule has 0 fully saturated rings. The highest BCUT2D eigenvalue weighted by Crippen LogP contribution is 2.20. The highest BCUT2D eigenvalue weighted by Gasteiger charge is 2.12. The molecule has 0 aliphatic rings. The summed E-state index contributed by atoms with van der Waals surface area (Å²) in [5.74, 6) is -0.621. The lowest BCUT2D eigenvalue weighted by Crippen LogP contribution is -2.19. The summed E-state index contributed by atoms with van der Waals surface area (Å²) in [5.41, 5.74) is 1.08. The van der Waals surface area contributed by atoms with Crippen molar-refractivity contribution in [2.75, 3.05) is 13.7 Å². The van der Waals surface area contributed by atoms with Crippen molar-refractivity contribution < 1.29 is 23.5 Å². The molecule has 0 radical (unpaired) electrons. The van der Waals surface area contributed by atoms with E-state index in [1.54, 1.807) is 41.8 Å². The van der Waals surface area contributed by atoms with Crippen LogP contribution in [0.4, 0.5) is 4.39 Å². The molecular weight excluding hydrogens is 383 g/mol. The zero-order chi connectivity index (χ0) is 20.1. The number of carbonyl (C=O) groups is 2. The Labute approximate surface area is 164 Å². The van der Waals surface area contributed by atoms with Gasteiger partial charge in [-0.1, -0.05) is 17.4 Å². The molecule has 28 heavy (non-hydrogen) atoms. The number of amides is 1. The fraction of sp³-hybridized carbons (Fsp3) is 0.250. The van der Waals surface area contributed by atoms with Gasteiger partial charge in [-0.2, -0.15) is 4.99 Å². The molecule has 6 nitrogen and oxygen atoms in total. The number of methoxy groups -OCH3 is 1. The molecule has 146 valence electrons. The zero-order valence-corrected chi connectivity index (χ0v) is 16.3. The van der Waals surface area contributed by atoms with E-state index in [1.165, 1.54) is 30.6 Å². The van der Waals surface area contributed by atoms with Crippen LogP contribution in [0, 0.1) is 5.82 Å². The highest BCUT2D eigenvalue weighted by molar-refractivity contribution is 7.16. The predicted molar refractivity (Wildman–Crippen MR) is 104 cm³/mol. The number of rotatable bonds is 6. The van der Waals surface area contributed by atoms with Crippen LogP contribution >= 0.6 is 11.3 Å². The van der Waals surface area contributed by atoms with Crippen molar-refractivity contribution in [2.45, 2.75) is 19.9 Å². The second kappa shape index (κ2) is 8.79. The van der Waals surface area contributed by atoms with Gasteiger partial charge in [0.1, 0.15) is 11.6 Å². The van der Waals surface area contributed by atoms with Crippen molar-refractivity contribution in [1.82, 2.24) is 4.57 Å². The molecule has 8 heteroatoms. The number of hydrogen-bond acceptors (Lipinski definition) is 5. The molecule has 0 aliphatic carbocycles. The monoisotopic (exact) mass is 402 g/mol. The van der Waals surface area contributed by atoms with E-state index in [-0.39, 0.29) is 24.8 Å². The third-order valence-electron chi connectivity index (χ3n) is 4.00. The summed E-state index contributed by atoms with van der Waals surface area (Å²) in [7, 11) is 1.52. The summed E-state index contributed by atoms with van der Waals surface area (Å²) in [6.45, 7) is 2.31. The summed E-state index contributed by atoms with van der Waals surface area (Å²) >= 11 is 1.19. The standard InChI is InChI=1S/C20H19FN2O4S/c1-3-27-18(24)9-10-23-16-8-7-14(21)12-17(16)28-20(23)22-19(25)13-5-4-6-15(11-13)26-2/h4-8,11-12H,3,9-10H2,1-2H3. The van der Waals surface area contributed by atoms with Crippen LogP contribution in [0.25, 0.3) is 10.2 Å². The fourth-order valence-corrected chi connectivity index (χ4v) is 3.77. The predicted octanol–water partition coefficient (Wildman–Crippen LogP) is 3.54. The third kappa shape index (κ3) is 4.45. The third-order valence-corrected chi connectivity index (χ3v) is 5.04. The molecule has 1 amide bonds. The lowest BCUT2D eigenvalue weighted by atomic mass is 10.2. The van der Waals surface area contributed by atoms with Crippen LogP contribution in [-0.2, 0) is 16.1 Å². The fourth-order valence-electron chi connectivity index (χ4n) is 2.69. The SMILES string of the molecule is CCOC(=O)CCn1c(=NC(=O)c2cccc(OC)c2)sc2cc(F)ccc21. The molecule has 3 rings (SSSR count). The molecule has 3 aromatic rings. The van der Waals surface area contributed by atoms with Crippen molar-refractivity contribution in [3.63, 3.8) is 0 Å². The Balaban J connectivity index is 2.02. The first-order chi connectivity index (χ1) is 13.5. The maximum absolute atomic E-state index is 13.6. The van der Waals surface area contributed by atoms with Gasteiger partial charge in [-0.05, 0) is 43.3 Å². The van der Waals surface area contributed by atoms with E-state index in [1.807, 2.05) is 0 Å². The van der Waals surface area contributed by atoms with E-state index in [4.69, 9.17) is 9.47 Å². The van der Waals surface area contributed by atoms with Crippen molar-refractivity contribution in [1.29, 1.82) is 0 Å². The average Bonchev–Trinajstić information content (AvgIpc) is 3.02. The Bertz CT molecular complexity index is 1090. The number of thiazole rings is 1. The highest BCUT2D eigenvalue weighted by atomic mass is 32.1. The molecule has 0 spiro atoms. The summed E-state index contributed by atoms with van der Waals surface area (Å²) in [6.07, 6.45) is 0.123. The lowest BCUT2D eigenvalue weighted by molar-refractivity contribution is -0.143. The molecule has 1 aromatic heterocycles. The number of hydrogen-bond donors (Lipinski definition) is 0. The minimum atomic E-state index is -0.448. The summed E-state index contributed by atoms with van der Waals surface area (Å²) in [6, 6.07) is 11.0. The van der Waals surface area contributed by atoms with Crippen LogP contribution < -0.4 is 9.54 Å². The Morgan fingerprint density at radius 2 is 2.04 bits per heavy atom. The molecule has 1 heterocycles. The quantitative estimate of drug-likeness (QED) is 0.592. The van der Waals surface area contributed by atoms with Crippen LogP contribution in [0.5, 0.6) is 5.75 Å². The van der Waals surface area contributed by atoms with Gasteiger partial charge >= 0.3 is 5.97 Å². The first kappa shape index (κ1) is 19.8. The molecule has 2 aromatic carbocycles. The Hall–Kier alpha value is -3.00. The minimum Gasteiger partial charge on any atom is -0.497 e.